The smallest absolute Gasteiger partial charge is 0.323 e. The summed E-state index contributed by atoms with van der Waals surface area (Å²) >= 11 is 1.70. The molecule has 11 atom stereocenters. The first-order valence-corrected chi connectivity index (χ1v) is 18.2. The van der Waals surface area contributed by atoms with E-state index in [2.05, 4.69) is 34.6 Å². The van der Waals surface area contributed by atoms with Crippen molar-refractivity contribution in [2.24, 2.45) is 51.1 Å². The molecule has 0 aromatic rings. The van der Waals surface area contributed by atoms with E-state index in [1.807, 2.05) is 27.0 Å². The number of carbonyl (C=O) groups is 1. The van der Waals surface area contributed by atoms with Crippen LogP contribution in [0.1, 0.15) is 126 Å². The third kappa shape index (κ3) is 5.85. The Hall–Kier alpha value is -0.340. The van der Waals surface area contributed by atoms with Crippen molar-refractivity contribution in [1.82, 2.24) is 0 Å². The van der Waals surface area contributed by atoms with Crippen molar-refractivity contribution in [3.8, 4) is 0 Å². The number of thioether (sulfide) groups is 1. The molecule has 4 aliphatic rings. The van der Waals surface area contributed by atoms with E-state index in [1.54, 1.807) is 11.8 Å². The molecule has 42 heavy (non-hydrogen) atoms. The van der Waals surface area contributed by atoms with Gasteiger partial charge in [0.25, 0.3) is 0 Å². The van der Waals surface area contributed by atoms with Gasteiger partial charge in [0, 0.05) is 5.41 Å². The summed E-state index contributed by atoms with van der Waals surface area (Å²) < 4.78 is 6.17. The van der Waals surface area contributed by atoms with E-state index in [0.717, 1.165) is 57.1 Å². The zero-order valence-corrected chi connectivity index (χ0v) is 29.0. The summed E-state index contributed by atoms with van der Waals surface area (Å²) in [6, 6.07) is -0.566. The number of esters is 1. The molecule has 0 heterocycles. The maximum absolute atomic E-state index is 12.9. The Morgan fingerprint density at radius 2 is 1.62 bits per heavy atom. The Morgan fingerprint density at radius 3 is 2.24 bits per heavy atom. The summed E-state index contributed by atoms with van der Waals surface area (Å²) in [5.74, 6) is 1.49. The molecule has 0 amide bonds. The number of rotatable bonds is 10. The lowest BCUT2D eigenvalue weighted by Crippen LogP contribution is -2.66. The molecule has 0 aromatic carbocycles. The quantitative estimate of drug-likeness (QED) is 0.214. The molecule has 0 spiro atoms. The largest absolute Gasteiger partial charge is 0.461 e. The molecule has 0 unspecified atom stereocenters. The molecule has 7 heteroatoms. The molecular formula is C35H63NO5S. The van der Waals surface area contributed by atoms with Crippen molar-refractivity contribution >= 4 is 17.7 Å². The highest BCUT2D eigenvalue weighted by molar-refractivity contribution is 7.98. The number of aliphatic hydroxyl groups excluding tert-OH is 1. The molecule has 0 saturated heterocycles. The third-order valence-electron chi connectivity index (χ3n) is 13.8. The molecule has 4 fully saturated rings. The van der Waals surface area contributed by atoms with Crippen molar-refractivity contribution < 1.29 is 24.9 Å². The highest BCUT2D eigenvalue weighted by atomic mass is 32.2. The molecule has 4 aliphatic carbocycles. The first-order valence-electron chi connectivity index (χ1n) is 16.8. The van der Waals surface area contributed by atoms with E-state index in [0.29, 0.717) is 31.1 Å². The predicted molar refractivity (Wildman–Crippen MR) is 172 cm³/mol. The topological polar surface area (TPSA) is 113 Å². The zero-order valence-electron chi connectivity index (χ0n) is 28.2. The minimum absolute atomic E-state index is 0.0443. The number of carbonyl (C=O) groups excluding carboxylic acids is 1. The monoisotopic (exact) mass is 609 g/mol. The minimum Gasteiger partial charge on any atom is -0.461 e. The molecule has 0 aromatic heterocycles. The van der Waals surface area contributed by atoms with Gasteiger partial charge in [0.2, 0.25) is 0 Å². The van der Waals surface area contributed by atoms with Crippen molar-refractivity contribution in [3.05, 3.63) is 0 Å². The van der Waals surface area contributed by atoms with E-state index in [1.165, 1.54) is 0 Å². The predicted octanol–water partition coefficient (Wildman–Crippen LogP) is 6.33. The number of hydrogen-bond donors (Lipinski definition) is 4. The van der Waals surface area contributed by atoms with Gasteiger partial charge in [-0.1, -0.05) is 34.6 Å². The maximum atomic E-state index is 12.9. The Morgan fingerprint density at radius 1 is 0.976 bits per heavy atom. The van der Waals surface area contributed by atoms with Crippen LogP contribution in [0.15, 0.2) is 0 Å². The minimum atomic E-state index is -0.862. The normalized spacial score (nSPS) is 43.5. The van der Waals surface area contributed by atoms with Crippen LogP contribution < -0.4 is 5.73 Å². The average molecular weight is 610 g/mol. The van der Waals surface area contributed by atoms with Gasteiger partial charge in [0.1, 0.15) is 12.1 Å². The highest BCUT2D eigenvalue weighted by Crippen LogP contribution is 2.76. The van der Waals surface area contributed by atoms with Gasteiger partial charge >= 0.3 is 5.97 Å². The SMILES string of the molecule is CSCC[C@H](N)C(=O)O[C@H]1CC[C@]2(C)[C@H]3C[C@@H](O)[C@@H]4[C@@H]([C@](C)(O)CCCC(C)(C)O)CC[C@@]4(C)[C@]3(C)CC[C@H]2C1(C)C. The lowest BCUT2D eigenvalue weighted by atomic mass is 9.35. The van der Waals surface area contributed by atoms with Crippen molar-refractivity contribution in [2.45, 2.75) is 155 Å². The van der Waals surface area contributed by atoms with Crippen LogP contribution in [0.5, 0.6) is 0 Å². The summed E-state index contributed by atoms with van der Waals surface area (Å²) in [6.45, 7) is 17.6. The Labute approximate surface area is 260 Å². The number of hydrogen-bond acceptors (Lipinski definition) is 7. The third-order valence-corrected chi connectivity index (χ3v) is 14.4. The van der Waals surface area contributed by atoms with E-state index in [-0.39, 0.29) is 45.6 Å². The standard InChI is InChI=1S/C35H63NO5S/c1-30(2,39)15-10-16-35(8,40)22-11-18-34(7)28(22)24(37)21-26-32(5)17-13-27(41-29(38)23(36)14-20-42-9)31(3,4)25(32)12-19-33(26,34)6/h22-28,37,39-40H,10-21,36H2,1-9H3/t22-,23-,24+,25-,26+,27-,28-,32-,33+,34+,35+/m0/s1. The summed E-state index contributed by atoms with van der Waals surface area (Å²) in [7, 11) is 0. The molecule has 4 saturated carbocycles. The fourth-order valence-electron chi connectivity index (χ4n) is 11.3. The molecule has 6 nitrogen and oxygen atoms in total. The molecule has 0 aliphatic heterocycles. The molecule has 5 N–H and O–H groups in total. The van der Waals surface area contributed by atoms with Crippen LogP contribution in [-0.4, -0.2) is 62.7 Å². The summed E-state index contributed by atoms with van der Waals surface area (Å²) in [5, 5.41) is 34.0. The van der Waals surface area contributed by atoms with Crippen LogP contribution in [0.2, 0.25) is 0 Å². The average Bonchev–Trinajstić information content (AvgIpc) is 3.25. The van der Waals surface area contributed by atoms with Crippen molar-refractivity contribution in [3.63, 3.8) is 0 Å². The van der Waals surface area contributed by atoms with Crippen LogP contribution in [0.25, 0.3) is 0 Å². The molecule has 244 valence electrons. The van der Waals surface area contributed by atoms with Crippen molar-refractivity contribution in [2.75, 3.05) is 12.0 Å². The van der Waals surface area contributed by atoms with Gasteiger partial charge in [-0.3, -0.25) is 4.79 Å². The fourth-order valence-corrected chi connectivity index (χ4v) is 11.8. The van der Waals surface area contributed by atoms with Crippen LogP contribution in [0.3, 0.4) is 0 Å². The maximum Gasteiger partial charge on any atom is 0.323 e. The van der Waals surface area contributed by atoms with Crippen LogP contribution in [-0.2, 0) is 9.53 Å². The van der Waals surface area contributed by atoms with Gasteiger partial charge in [0.15, 0.2) is 0 Å². The lowest BCUT2D eigenvalue weighted by Gasteiger charge is -2.70. The van der Waals surface area contributed by atoms with Crippen LogP contribution in [0, 0.1) is 45.3 Å². The fraction of sp³-hybridized carbons (Fsp3) is 0.971. The van der Waals surface area contributed by atoms with E-state index in [9.17, 15) is 20.1 Å². The highest BCUT2D eigenvalue weighted by Gasteiger charge is 2.71. The van der Waals surface area contributed by atoms with Crippen LogP contribution >= 0.6 is 11.8 Å². The molecular weight excluding hydrogens is 546 g/mol. The summed E-state index contributed by atoms with van der Waals surface area (Å²) in [6.07, 6.45) is 10.9. The second-order valence-electron chi connectivity index (χ2n) is 17.2. The Kier molecular flexibility index (Phi) is 9.69. The van der Waals surface area contributed by atoms with Gasteiger partial charge in [-0.25, -0.2) is 0 Å². The van der Waals surface area contributed by atoms with Crippen molar-refractivity contribution in [1.29, 1.82) is 0 Å². The first-order chi connectivity index (χ1) is 19.2. The first kappa shape index (κ1) is 34.5. The van der Waals surface area contributed by atoms with Gasteiger partial charge in [-0.15, -0.1) is 0 Å². The van der Waals surface area contributed by atoms with E-state index >= 15 is 0 Å². The van der Waals surface area contributed by atoms with Gasteiger partial charge in [-0.2, -0.15) is 11.8 Å². The summed E-state index contributed by atoms with van der Waals surface area (Å²) in [5.41, 5.74) is 4.49. The van der Waals surface area contributed by atoms with Gasteiger partial charge in [0.05, 0.1) is 17.3 Å². The Balaban J connectivity index is 1.55. The number of fused-ring (bicyclic) bond motifs is 5. The summed E-state index contributed by atoms with van der Waals surface area (Å²) in [4.78, 5) is 12.9. The van der Waals surface area contributed by atoms with Crippen LogP contribution in [0.4, 0.5) is 0 Å². The number of aliphatic hydroxyl groups is 3. The molecule has 0 bridgehead atoms. The van der Waals surface area contributed by atoms with Gasteiger partial charge < -0.3 is 25.8 Å². The number of nitrogens with two attached hydrogens (primary N) is 1. The lowest BCUT2D eigenvalue weighted by molar-refractivity contribution is -0.249. The molecule has 4 rings (SSSR count). The zero-order chi connectivity index (χ0) is 31.5. The Bertz CT molecular complexity index is 979. The molecule has 0 radical (unpaired) electrons. The van der Waals surface area contributed by atoms with E-state index in [4.69, 9.17) is 10.5 Å². The second-order valence-corrected chi connectivity index (χ2v) is 18.1. The number of ether oxygens (including phenoxy) is 1. The van der Waals surface area contributed by atoms with Gasteiger partial charge in [-0.05, 0) is 143 Å². The van der Waals surface area contributed by atoms with E-state index < -0.39 is 23.3 Å². The second kappa shape index (κ2) is 11.8.